The molecule has 3 aliphatic rings. The molecular formula is C20H30O3. The zero-order valence-corrected chi connectivity index (χ0v) is 14.9. The summed E-state index contributed by atoms with van der Waals surface area (Å²) >= 11 is 0. The van der Waals surface area contributed by atoms with Gasteiger partial charge in [-0.05, 0) is 67.3 Å². The topological polar surface area (TPSA) is 46.5 Å². The van der Waals surface area contributed by atoms with Crippen LogP contribution < -0.4 is 0 Å². The van der Waals surface area contributed by atoms with Crippen molar-refractivity contribution < 1.29 is 14.6 Å². The van der Waals surface area contributed by atoms with Gasteiger partial charge in [0.1, 0.15) is 6.61 Å². The first-order chi connectivity index (χ1) is 10.7. The lowest BCUT2D eigenvalue weighted by Crippen LogP contribution is -2.52. The number of cyclic esters (lactones) is 1. The number of carbonyl (C=O) groups is 1. The summed E-state index contributed by atoms with van der Waals surface area (Å²) in [6, 6.07) is 0. The molecule has 1 saturated carbocycles. The fraction of sp³-hybridized carbons (Fsp3) is 0.750. The highest BCUT2D eigenvalue weighted by molar-refractivity contribution is 5.85. The van der Waals surface area contributed by atoms with Gasteiger partial charge in [-0.3, -0.25) is 0 Å². The number of hydrogen-bond acceptors (Lipinski definition) is 3. The van der Waals surface area contributed by atoms with E-state index in [0.717, 1.165) is 37.7 Å². The minimum atomic E-state index is -0.200. The van der Waals surface area contributed by atoms with Crippen LogP contribution in [0.5, 0.6) is 0 Å². The van der Waals surface area contributed by atoms with Crippen molar-refractivity contribution in [2.24, 2.45) is 22.7 Å². The lowest BCUT2D eigenvalue weighted by Gasteiger charge is -2.58. The highest BCUT2D eigenvalue weighted by Gasteiger charge is 2.53. The molecule has 0 saturated heterocycles. The van der Waals surface area contributed by atoms with E-state index in [9.17, 15) is 9.90 Å². The Bertz CT molecular complexity index is 557. The molecule has 1 heterocycles. The van der Waals surface area contributed by atoms with Crippen molar-refractivity contribution in [1.29, 1.82) is 0 Å². The molecule has 4 atom stereocenters. The first-order valence-corrected chi connectivity index (χ1v) is 8.93. The fourth-order valence-electron chi connectivity index (χ4n) is 5.75. The van der Waals surface area contributed by atoms with E-state index in [-0.39, 0.29) is 22.9 Å². The molecule has 0 radical (unpaired) electrons. The average Bonchev–Trinajstić information content (AvgIpc) is 2.81. The van der Waals surface area contributed by atoms with Gasteiger partial charge in [0.05, 0.1) is 6.10 Å². The Morgan fingerprint density at radius 3 is 2.70 bits per heavy atom. The normalized spacial score (nSPS) is 39.3. The predicted octanol–water partition coefficient (Wildman–Crippen LogP) is 4.02. The van der Waals surface area contributed by atoms with Gasteiger partial charge >= 0.3 is 5.97 Å². The predicted molar refractivity (Wildman–Crippen MR) is 90.8 cm³/mol. The Morgan fingerprint density at radius 1 is 1.30 bits per heavy atom. The second-order valence-electron chi connectivity index (χ2n) is 8.79. The van der Waals surface area contributed by atoms with Crippen LogP contribution in [0, 0.1) is 22.7 Å². The largest absolute Gasteiger partial charge is 0.458 e. The number of fused-ring (bicyclic) bond motifs is 1. The van der Waals surface area contributed by atoms with Crippen LogP contribution in [0.3, 0.4) is 0 Å². The molecule has 0 aromatic heterocycles. The second kappa shape index (κ2) is 5.77. The molecule has 0 aromatic rings. The van der Waals surface area contributed by atoms with Gasteiger partial charge in [0.2, 0.25) is 0 Å². The Hall–Kier alpha value is -1.09. The number of carbonyl (C=O) groups excluding carboxylic acids is 1. The molecule has 0 spiro atoms. The third-order valence-electron chi connectivity index (χ3n) is 6.67. The van der Waals surface area contributed by atoms with E-state index in [1.807, 2.05) is 0 Å². The fourth-order valence-corrected chi connectivity index (χ4v) is 5.75. The second-order valence-corrected chi connectivity index (χ2v) is 8.79. The van der Waals surface area contributed by atoms with Gasteiger partial charge in [0, 0.05) is 6.08 Å². The molecule has 1 N–H and O–H groups in total. The zero-order chi connectivity index (χ0) is 16.8. The van der Waals surface area contributed by atoms with E-state index in [2.05, 4.69) is 33.8 Å². The smallest absolute Gasteiger partial charge is 0.331 e. The SMILES string of the molecule is CC1=CCC2C(C)(C)CC(O)CC2(C)C1CCC1=CC(=O)OC1. The Kier molecular flexibility index (Phi) is 4.20. The van der Waals surface area contributed by atoms with Gasteiger partial charge in [-0.2, -0.15) is 0 Å². The Morgan fingerprint density at radius 2 is 2.04 bits per heavy atom. The minimum absolute atomic E-state index is 0.143. The summed E-state index contributed by atoms with van der Waals surface area (Å²) in [5, 5.41) is 10.5. The molecule has 2 aliphatic carbocycles. The van der Waals surface area contributed by atoms with Crippen LogP contribution in [-0.4, -0.2) is 23.8 Å². The van der Waals surface area contributed by atoms with E-state index < -0.39 is 0 Å². The number of rotatable bonds is 3. The molecule has 3 rings (SSSR count). The quantitative estimate of drug-likeness (QED) is 0.631. The van der Waals surface area contributed by atoms with Crippen molar-refractivity contribution in [2.45, 2.75) is 65.9 Å². The van der Waals surface area contributed by atoms with Crippen LogP contribution in [0.1, 0.15) is 59.8 Å². The first kappa shape index (κ1) is 16.8. The van der Waals surface area contributed by atoms with Crippen LogP contribution in [0.2, 0.25) is 0 Å². The molecule has 0 amide bonds. The summed E-state index contributed by atoms with van der Waals surface area (Å²) < 4.78 is 5.03. The van der Waals surface area contributed by atoms with Gasteiger partial charge in [-0.15, -0.1) is 0 Å². The highest BCUT2D eigenvalue weighted by atomic mass is 16.5. The summed E-state index contributed by atoms with van der Waals surface area (Å²) in [5.41, 5.74) is 2.89. The molecule has 23 heavy (non-hydrogen) atoms. The third kappa shape index (κ3) is 3.00. The van der Waals surface area contributed by atoms with Crippen LogP contribution in [0.15, 0.2) is 23.3 Å². The average molecular weight is 318 g/mol. The molecule has 3 nitrogen and oxygen atoms in total. The molecule has 1 aliphatic heterocycles. The van der Waals surface area contributed by atoms with Gasteiger partial charge in [0.15, 0.2) is 0 Å². The summed E-state index contributed by atoms with van der Waals surface area (Å²) in [4.78, 5) is 11.2. The van der Waals surface area contributed by atoms with Gasteiger partial charge < -0.3 is 9.84 Å². The summed E-state index contributed by atoms with van der Waals surface area (Å²) in [6.45, 7) is 9.72. The van der Waals surface area contributed by atoms with Crippen molar-refractivity contribution in [2.75, 3.05) is 6.61 Å². The first-order valence-electron chi connectivity index (χ1n) is 8.93. The molecule has 0 bridgehead atoms. The zero-order valence-electron chi connectivity index (χ0n) is 14.9. The maximum Gasteiger partial charge on any atom is 0.331 e. The minimum Gasteiger partial charge on any atom is -0.458 e. The van der Waals surface area contributed by atoms with Crippen molar-refractivity contribution in [3.8, 4) is 0 Å². The van der Waals surface area contributed by atoms with Crippen LogP contribution in [0.4, 0.5) is 0 Å². The van der Waals surface area contributed by atoms with E-state index in [1.165, 1.54) is 5.57 Å². The number of allylic oxidation sites excluding steroid dienone is 2. The van der Waals surface area contributed by atoms with Crippen LogP contribution in [-0.2, 0) is 9.53 Å². The Labute approximate surface area is 139 Å². The molecule has 1 fully saturated rings. The third-order valence-corrected chi connectivity index (χ3v) is 6.67. The number of aliphatic hydroxyl groups is 1. The summed E-state index contributed by atoms with van der Waals surface area (Å²) in [7, 11) is 0. The Balaban J connectivity index is 1.82. The van der Waals surface area contributed by atoms with Gasteiger partial charge in [0.25, 0.3) is 0 Å². The monoisotopic (exact) mass is 318 g/mol. The summed E-state index contributed by atoms with van der Waals surface area (Å²) in [5.74, 6) is 0.892. The number of esters is 1. The van der Waals surface area contributed by atoms with Gasteiger partial charge in [-0.1, -0.05) is 32.4 Å². The van der Waals surface area contributed by atoms with E-state index in [0.29, 0.717) is 18.4 Å². The number of hydrogen-bond donors (Lipinski definition) is 1. The molecular weight excluding hydrogens is 288 g/mol. The molecule has 128 valence electrons. The number of ether oxygens (including phenoxy) is 1. The van der Waals surface area contributed by atoms with Crippen molar-refractivity contribution >= 4 is 5.97 Å². The standard InChI is InChI=1S/C20H30O3/c1-13-5-8-17-19(2,3)10-15(21)11-20(17,4)16(13)7-6-14-9-18(22)23-12-14/h5,9,15-17,21H,6-8,10-12H2,1-4H3. The van der Waals surface area contributed by atoms with Gasteiger partial charge in [-0.25, -0.2) is 4.79 Å². The molecule has 3 heteroatoms. The lowest BCUT2D eigenvalue weighted by molar-refractivity contribution is -0.135. The molecule has 4 unspecified atom stereocenters. The highest BCUT2D eigenvalue weighted by Crippen LogP contribution is 2.60. The lowest BCUT2D eigenvalue weighted by atomic mass is 9.47. The summed E-state index contributed by atoms with van der Waals surface area (Å²) in [6.07, 6.45) is 8.76. The van der Waals surface area contributed by atoms with Crippen LogP contribution in [0.25, 0.3) is 0 Å². The molecule has 0 aromatic carbocycles. The van der Waals surface area contributed by atoms with Crippen molar-refractivity contribution in [3.05, 3.63) is 23.3 Å². The van der Waals surface area contributed by atoms with Crippen molar-refractivity contribution in [1.82, 2.24) is 0 Å². The maximum atomic E-state index is 11.2. The van der Waals surface area contributed by atoms with Crippen molar-refractivity contribution in [3.63, 3.8) is 0 Å². The maximum absolute atomic E-state index is 11.2. The van der Waals surface area contributed by atoms with E-state index >= 15 is 0 Å². The number of aliphatic hydroxyl groups excluding tert-OH is 1. The van der Waals surface area contributed by atoms with Crippen LogP contribution >= 0.6 is 0 Å². The van der Waals surface area contributed by atoms with E-state index in [1.54, 1.807) is 6.08 Å². The van der Waals surface area contributed by atoms with E-state index in [4.69, 9.17) is 4.74 Å².